The Morgan fingerprint density at radius 3 is 1.67 bits per heavy atom. The van der Waals surface area contributed by atoms with Gasteiger partial charge in [-0.3, -0.25) is 0 Å². The van der Waals surface area contributed by atoms with E-state index in [1.54, 1.807) is 22.3 Å². The van der Waals surface area contributed by atoms with Gasteiger partial charge >= 0.3 is 14.2 Å². The average molecular weight is 947 g/mol. The van der Waals surface area contributed by atoms with Crippen molar-refractivity contribution in [1.82, 2.24) is 0 Å². The molecule has 4 spiro atoms. The summed E-state index contributed by atoms with van der Waals surface area (Å²) in [5.41, 5.74) is 14.1. The summed E-state index contributed by atoms with van der Waals surface area (Å²) in [4.78, 5) is 0. The van der Waals surface area contributed by atoms with E-state index in [1.165, 1.54) is 113 Å². The molecule has 6 heteroatoms. The highest BCUT2D eigenvalue weighted by Crippen LogP contribution is 2.87. The van der Waals surface area contributed by atoms with E-state index in [4.69, 9.17) is 18.6 Å². The van der Waals surface area contributed by atoms with Crippen LogP contribution in [0, 0.1) is 64.1 Å². The van der Waals surface area contributed by atoms with Crippen molar-refractivity contribution in [3.63, 3.8) is 0 Å². The van der Waals surface area contributed by atoms with Crippen LogP contribution in [0.3, 0.4) is 0 Å². The maximum absolute atomic E-state index is 7.72. The molecule has 6 bridgehead atoms. The number of rotatable bonds is 4. The highest BCUT2D eigenvalue weighted by atomic mass is 16.7. The molecule has 0 radical (unpaired) electrons. The van der Waals surface area contributed by atoms with Gasteiger partial charge in [-0.15, -0.1) is 0 Å². The van der Waals surface area contributed by atoms with Gasteiger partial charge in [0, 0.05) is 10.8 Å². The Kier molecular flexibility index (Phi) is 7.44. The molecule has 9 unspecified atom stereocenters. The van der Waals surface area contributed by atoms with E-state index in [-0.39, 0.29) is 10.8 Å². The van der Waals surface area contributed by atoms with E-state index in [0.717, 1.165) is 30.1 Å². The Bertz CT molecular complexity index is 3410. The van der Waals surface area contributed by atoms with Gasteiger partial charge in [-0.25, -0.2) is 0 Å². The van der Waals surface area contributed by atoms with Crippen molar-refractivity contribution in [1.29, 1.82) is 0 Å². The highest BCUT2D eigenvalue weighted by Gasteiger charge is 2.82. The molecule has 6 aromatic rings. The standard InChI is InChI=1S/C66H68B2O4/c1-59(2)60(3,4)70-67(69-59)51-21-12-18-47-57(51)45-27-39-15-8-9-16-40(39)28-49(45)65(47)54-29-41-33-64(54)34-42(30-55(64)65)46(41)35-62(7)61(5,6)71-68(72-62)50-20-13-19-48-56(50)44-23-22-38-14-10-11-17-43(38)58(44)66(48)52-25-36-24-37-26-53(66)63(52,31-36)32-37/h8-23,27-28,36-37,41-42,46,52-55H,24-26,29-35H2,1-7H3. The van der Waals surface area contributed by atoms with Gasteiger partial charge in [-0.05, 0) is 266 Å². The molecule has 9 atom stereocenters. The van der Waals surface area contributed by atoms with Gasteiger partial charge in [0.25, 0.3) is 0 Å². The normalized spacial score (nSPS) is 42.1. The third-order valence-corrected chi connectivity index (χ3v) is 25.4. The van der Waals surface area contributed by atoms with Crippen molar-refractivity contribution < 1.29 is 18.6 Å². The predicted octanol–water partition coefficient (Wildman–Crippen LogP) is 13.3. The maximum Gasteiger partial charge on any atom is 0.495 e. The van der Waals surface area contributed by atoms with E-state index in [9.17, 15) is 0 Å². The van der Waals surface area contributed by atoms with Crippen molar-refractivity contribution in [3.8, 4) is 22.3 Å². The maximum atomic E-state index is 7.72. The fraction of sp³-hybridized carbons (Fsp3) is 0.515. The smallest absolute Gasteiger partial charge is 0.399 e. The van der Waals surface area contributed by atoms with Crippen LogP contribution in [0.15, 0.2) is 109 Å². The fourth-order valence-corrected chi connectivity index (χ4v) is 22.4. The van der Waals surface area contributed by atoms with Gasteiger partial charge in [0.05, 0.1) is 22.4 Å². The second-order valence-electron chi connectivity index (χ2n) is 28.4. The first-order valence-electron chi connectivity index (χ1n) is 28.7. The SMILES string of the molecule is CC1(C)OB(c2cccc3c2-c2cc4ccccc4cc2C32C3CC4CC35CC(CC52)C4CC2(C)OB(c3cccc4c3-c3ccc5ccccc5c3C43C4CC5CC6CC3C4(C5)C6)OC2(C)C)OC1(C)C. The van der Waals surface area contributed by atoms with Crippen molar-refractivity contribution in [2.24, 2.45) is 64.1 Å². The summed E-state index contributed by atoms with van der Waals surface area (Å²) in [5, 5.41) is 5.57. The van der Waals surface area contributed by atoms with Crippen LogP contribution in [0.2, 0.25) is 0 Å². The summed E-state index contributed by atoms with van der Waals surface area (Å²) in [6.07, 6.45) is 13.7. The second-order valence-corrected chi connectivity index (χ2v) is 28.4. The van der Waals surface area contributed by atoms with Crippen molar-refractivity contribution >= 4 is 46.7 Å². The zero-order chi connectivity index (χ0) is 48.1. The highest BCUT2D eigenvalue weighted by molar-refractivity contribution is 6.64. The van der Waals surface area contributed by atoms with Crippen LogP contribution in [0.1, 0.15) is 135 Å². The van der Waals surface area contributed by atoms with Crippen LogP contribution in [0.5, 0.6) is 0 Å². The third-order valence-electron chi connectivity index (χ3n) is 25.4. The van der Waals surface area contributed by atoms with Crippen molar-refractivity contribution in [2.45, 2.75) is 146 Å². The quantitative estimate of drug-likeness (QED) is 0.165. The molecule has 72 heavy (non-hydrogen) atoms. The minimum Gasteiger partial charge on any atom is -0.399 e. The van der Waals surface area contributed by atoms with Gasteiger partial charge in [-0.1, -0.05) is 97.1 Å². The van der Waals surface area contributed by atoms with Gasteiger partial charge < -0.3 is 18.6 Å². The lowest BCUT2D eigenvalue weighted by Gasteiger charge is -2.64. The molecule has 2 heterocycles. The molecule has 12 aliphatic rings. The number of fused-ring (bicyclic) bond motifs is 21. The van der Waals surface area contributed by atoms with E-state index < -0.39 is 36.6 Å². The van der Waals surface area contributed by atoms with Crippen LogP contribution in [0.25, 0.3) is 43.8 Å². The molecule has 4 nitrogen and oxygen atoms in total. The van der Waals surface area contributed by atoms with E-state index in [1.807, 2.05) is 0 Å². The monoisotopic (exact) mass is 947 g/mol. The van der Waals surface area contributed by atoms with Crippen LogP contribution in [-0.2, 0) is 29.4 Å². The number of hydrogen-bond acceptors (Lipinski definition) is 4. The van der Waals surface area contributed by atoms with E-state index in [0.29, 0.717) is 40.4 Å². The summed E-state index contributed by atoms with van der Waals surface area (Å²) in [5.74, 6) is 6.58. The predicted molar refractivity (Wildman–Crippen MR) is 289 cm³/mol. The van der Waals surface area contributed by atoms with Crippen LogP contribution < -0.4 is 10.9 Å². The Labute approximate surface area is 427 Å². The Morgan fingerprint density at radius 1 is 0.458 bits per heavy atom. The summed E-state index contributed by atoms with van der Waals surface area (Å²) in [7, 11) is -0.794. The van der Waals surface area contributed by atoms with Crippen LogP contribution in [0.4, 0.5) is 0 Å². The van der Waals surface area contributed by atoms with Gasteiger partial charge in [0.1, 0.15) is 0 Å². The first-order valence-corrected chi connectivity index (χ1v) is 28.7. The largest absolute Gasteiger partial charge is 0.495 e. The zero-order valence-corrected chi connectivity index (χ0v) is 43.4. The van der Waals surface area contributed by atoms with Gasteiger partial charge in [-0.2, -0.15) is 0 Å². The number of hydrogen-bond donors (Lipinski definition) is 0. The summed E-state index contributed by atoms with van der Waals surface area (Å²) < 4.78 is 29.0. The molecule has 0 N–H and O–H groups in total. The first kappa shape index (κ1) is 42.1. The van der Waals surface area contributed by atoms with Crippen LogP contribution in [-0.4, -0.2) is 36.6 Å². The molecule has 2 saturated heterocycles. The first-order chi connectivity index (χ1) is 34.6. The lowest BCUT2D eigenvalue weighted by atomic mass is 9.38. The van der Waals surface area contributed by atoms with Crippen molar-refractivity contribution in [2.75, 3.05) is 0 Å². The molecule has 18 rings (SSSR count). The lowest BCUT2D eigenvalue weighted by Crippen LogP contribution is -2.62. The molecular formula is C66H68B2O4. The van der Waals surface area contributed by atoms with Gasteiger partial charge in [0.15, 0.2) is 0 Å². The average Bonchev–Trinajstić information content (AvgIpc) is 4.21. The number of benzene rings is 6. The molecule has 2 aliphatic heterocycles. The van der Waals surface area contributed by atoms with E-state index >= 15 is 0 Å². The third kappa shape index (κ3) is 4.43. The molecular weight excluding hydrogens is 878 g/mol. The zero-order valence-electron chi connectivity index (χ0n) is 43.4. The fourth-order valence-electron chi connectivity index (χ4n) is 22.4. The lowest BCUT2D eigenvalue weighted by molar-refractivity contribution is -0.0835. The minimum absolute atomic E-state index is 0.0221. The molecule has 0 aromatic heterocycles. The summed E-state index contributed by atoms with van der Waals surface area (Å²) in [6.45, 7) is 15.9. The summed E-state index contributed by atoms with van der Waals surface area (Å²) >= 11 is 0. The molecule has 10 fully saturated rings. The van der Waals surface area contributed by atoms with Crippen LogP contribution >= 0.6 is 0 Å². The molecule has 0 amide bonds. The second kappa shape index (κ2) is 12.7. The van der Waals surface area contributed by atoms with E-state index in [2.05, 4.69) is 158 Å². The Hall–Kier alpha value is -4.19. The Morgan fingerprint density at radius 2 is 1.00 bits per heavy atom. The van der Waals surface area contributed by atoms with Gasteiger partial charge in [0.2, 0.25) is 0 Å². The molecule has 6 aromatic carbocycles. The Balaban J connectivity index is 0.706. The molecule has 10 aliphatic carbocycles. The van der Waals surface area contributed by atoms with Crippen molar-refractivity contribution in [3.05, 3.63) is 131 Å². The molecule has 8 saturated carbocycles. The minimum atomic E-state index is -0.448. The summed E-state index contributed by atoms with van der Waals surface area (Å²) in [6, 6.07) is 43.0. The topological polar surface area (TPSA) is 36.9 Å². The molecule has 362 valence electrons.